The van der Waals surface area contributed by atoms with Crippen LogP contribution >= 0.6 is 11.6 Å². The number of nitrogens with zero attached hydrogens (tertiary/aromatic N) is 1. The Balaban J connectivity index is 1.59. The number of hydrogen-bond acceptors (Lipinski definition) is 3. The number of aromatic nitrogens is 1. The fourth-order valence-electron chi connectivity index (χ4n) is 3.45. The molecule has 0 radical (unpaired) electrons. The number of halogens is 2. The Labute approximate surface area is 188 Å². The SMILES string of the molecule is COc1ccc(NC(=O)c2cc3ccccc3n2C)cc1NC(=O)c1ccc(Cl)cc1F. The number of carbonyl (C=O) groups is 2. The van der Waals surface area contributed by atoms with Gasteiger partial charge in [-0.15, -0.1) is 0 Å². The molecule has 2 amide bonds. The van der Waals surface area contributed by atoms with Gasteiger partial charge in [-0.05, 0) is 48.5 Å². The molecule has 0 bridgehead atoms. The van der Waals surface area contributed by atoms with E-state index in [4.69, 9.17) is 16.3 Å². The monoisotopic (exact) mass is 451 g/mol. The second-order valence-corrected chi connectivity index (χ2v) is 7.53. The van der Waals surface area contributed by atoms with Gasteiger partial charge in [-0.2, -0.15) is 0 Å². The van der Waals surface area contributed by atoms with Gasteiger partial charge in [-0.1, -0.05) is 29.8 Å². The lowest BCUT2D eigenvalue weighted by Gasteiger charge is -2.13. The van der Waals surface area contributed by atoms with E-state index in [1.807, 2.05) is 31.3 Å². The lowest BCUT2D eigenvalue weighted by Crippen LogP contribution is -2.17. The smallest absolute Gasteiger partial charge is 0.272 e. The number of rotatable bonds is 5. The summed E-state index contributed by atoms with van der Waals surface area (Å²) in [6.07, 6.45) is 0. The maximum Gasteiger partial charge on any atom is 0.272 e. The molecule has 8 heteroatoms. The van der Waals surface area contributed by atoms with E-state index in [-0.39, 0.29) is 22.2 Å². The van der Waals surface area contributed by atoms with Crippen molar-refractivity contribution in [3.8, 4) is 5.75 Å². The van der Waals surface area contributed by atoms with Crippen LogP contribution in [0.1, 0.15) is 20.8 Å². The number of amides is 2. The standard InChI is InChI=1S/C24H19ClFN3O3/c1-29-20-6-4-3-5-14(20)11-21(29)24(31)27-16-8-10-22(32-2)19(13-16)28-23(30)17-9-7-15(25)12-18(17)26/h3-13H,1-2H3,(H,27,31)(H,28,30). The minimum Gasteiger partial charge on any atom is -0.495 e. The predicted octanol–water partition coefficient (Wildman–Crippen LogP) is 5.48. The summed E-state index contributed by atoms with van der Waals surface area (Å²) in [5.74, 6) is -1.37. The van der Waals surface area contributed by atoms with Crippen LogP contribution in [0.4, 0.5) is 15.8 Å². The van der Waals surface area contributed by atoms with E-state index in [9.17, 15) is 14.0 Å². The highest BCUT2D eigenvalue weighted by Crippen LogP contribution is 2.29. The zero-order chi connectivity index (χ0) is 22.8. The van der Waals surface area contributed by atoms with Crippen molar-refractivity contribution in [1.82, 2.24) is 4.57 Å². The average Bonchev–Trinajstić information content (AvgIpc) is 3.11. The Hall–Kier alpha value is -3.84. The summed E-state index contributed by atoms with van der Waals surface area (Å²) < 4.78 is 21.2. The van der Waals surface area contributed by atoms with Crippen LogP contribution in [0.3, 0.4) is 0 Å². The van der Waals surface area contributed by atoms with Crippen molar-refractivity contribution >= 4 is 45.7 Å². The maximum atomic E-state index is 14.1. The van der Waals surface area contributed by atoms with Crippen molar-refractivity contribution in [2.45, 2.75) is 0 Å². The van der Waals surface area contributed by atoms with Gasteiger partial charge in [-0.25, -0.2) is 4.39 Å². The number of fused-ring (bicyclic) bond motifs is 1. The molecule has 162 valence electrons. The fourth-order valence-corrected chi connectivity index (χ4v) is 3.61. The molecule has 2 N–H and O–H groups in total. The molecule has 1 heterocycles. The van der Waals surface area contributed by atoms with E-state index in [2.05, 4.69) is 10.6 Å². The molecule has 0 unspecified atom stereocenters. The number of hydrogen-bond donors (Lipinski definition) is 2. The number of methoxy groups -OCH3 is 1. The van der Waals surface area contributed by atoms with E-state index in [0.29, 0.717) is 17.1 Å². The Kier molecular flexibility index (Phi) is 5.83. The molecule has 0 saturated heterocycles. The molecule has 1 aromatic heterocycles. The summed E-state index contributed by atoms with van der Waals surface area (Å²) in [6.45, 7) is 0. The van der Waals surface area contributed by atoms with Crippen LogP contribution in [0.25, 0.3) is 10.9 Å². The second-order valence-electron chi connectivity index (χ2n) is 7.09. The molecule has 0 saturated carbocycles. The van der Waals surface area contributed by atoms with Crippen LogP contribution in [0.15, 0.2) is 66.7 Å². The second kappa shape index (κ2) is 8.72. The van der Waals surface area contributed by atoms with Crippen molar-refractivity contribution in [2.24, 2.45) is 7.05 Å². The van der Waals surface area contributed by atoms with Crippen LogP contribution in [0, 0.1) is 5.82 Å². The summed E-state index contributed by atoms with van der Waals surface area (Å²) in [5, 5.41) is 6.59. The highest BCUT2D eigenvalue weighted by Gasteiger charge is 2.17. The molecule has 0 aliphatic heterocycles. The maximum absolute atomic E-state index is 14.1. The first-order chi connectivity index (χ1) is 15.4. The molecule has 4 aromatic rings. The number of nitrogens with one attached hydrogen (secondary N) is 2. The summed E-state index contributed by atoms with van der Waals surface area (Å²) in [7, 11) is 3.26. The molecule has 4 rings (SSSR count). The van der Waals surface area contributed by atoms with E-state index < -0.39 is 11.7 Å². The molecule has 0 aliphatic rings. The Morgan fingerprint density at radius 3 is 2.47 bits per heavy atom. The first-order valence-electron chi connectivity index (χ1n) is 9.67. The highest BCUT2D eigenvalue weighted by atomic mass is 35.5. The van der Waals surface area contributed by atoms with Crippen molar-refractivity contribution < 1.29 is 18.7 Å². The molecule has 0 fully saturated rings. The molecule has 6 nitrogen and oxygen atoms in total. The Morgan fingerprint density at radius 2 is 1.75 bits per heavy atom. The minimum atomic E-state index is -0.741. The zero-order valence-corrected chi connectivity index (χ0v) is 18.0. The summed E-state index contributed by atoms with van der Waals surface area (Å²) in [6, 6.07) is 18.1. The fraction of sp³-hybridized carbons (Fsp3) is 0.0833. The van der Waals surface area contributed by atoms with Gasteiger partial charge in [0, 0.05) is 28.7 Å². The molecule has 0 atom stereocenters. The molecular weight excluding hydrogens is 433 g/mol. The first-order valence-corrected chi connectivity index (χ1v) is 10.1. The number of benzene rings is 3. The van der Waals surface area contributed by atoms with Crippen molar-refractivity contribution in [3.05, 3.63) is 88.8 Å². The van der Waals surface area contributed by atoms with Crippen LogP contribution in [0.5, 0.6) is 5.75 Å². The largest absolute Gasteiger partial charge is 0.495 e. The van der Waals surface area contributed by atoms with Gasteiger partial charge in [0.1, 0.15) is 17.3 Å². The lowest BCUT2D eigenvalue weighted by molar-refractivity contribution is 0.101. The van der Waals surface area contributed by atoms with Crippen LogP contribution in [-0.2, 0) is 7.05 Å². The number of para-hydroxylation sites is 1. The normalized spacial score (nSPS) is 10.8. The van der Waals surface area contributed by atoms with Crippen LogP contribution < -0.4 is 15.4 Å². The van der Waals surface area contributed by atoms with Gasteiger partial charge in [0.2, 0.25) is 0 Å². The number of aryl methyl sites for hydroxylation is 1. The van der Waals surface area contributed by atoms with Crippen molar-refractivity contribution in [3.63, 3.8) is 0 Å². The number of ether oxygens (including phenoxy) is 1. The third-order valence-electron chi connectivity index (χ3n) is 5.07. The van der Waals surface area contributed by atoms with Gasteiger partial charge >= 0.3 is 0 Å². The third-order valence-corrected chi connectivity index (χ3v) is 5.30. The molecular formula is C24H19ClFN3O3. The molecule has 0 spiro atoms. The lowest BCUT2D eigenvalue weighted by atomic mass is 10.2. The molecule has 0 aliphatic carbocycles. The zero-order valence-electron chi connectivity index (χ0n) is 17.3. The summed E-state index contributed by atoms with van der Waals surface area (Å²) in [5.41, 5.74) is 1.97. The van der Waals surface area contributed by atoms with Crippen molar-refractivity contribution in [2.75, 3.05) is 17.7 Å². The van der Waals surface area contributed by atoms with Gasteiger partial charge in [0.25, 0.3) is 11.8 Å². The van der Waals surface area contributed by atoms with Crippen LogP contribution in [-0.4, -0.2) is 23.5 Å². The number of carbonyl (C=O) groups excluding carboxylic acids is 2. The number of anilines is 2. The van der Waals surface area contributed by atoms with E-state index in [0.717, 1.165) is 17.0 Å². The van der Waals surface area contributed by atoms with E-state index in [1.165, 1.54) is 19.2 Å². The van der Waals surface area contributed by atoms with Crippen LogP contribution in [0.2, 0.25) is 5.02 Å². The van der Waals surface area contributed by atoms with E-state index in [1.54, 1.807) is 28.8 Å². The Morgan fingerprint density at radius 1 is 0.969 bits per heavy atom. The summed E-state index contributed by atoms with van der Waals surface area (Å²) in [4.78, 5) is 25.5. The van der Waals surface area contributed by atoms with Gasteiger partial charge < -0.3 is 19.9 Å². The van der Waals surface area contributed by atoms with E-state index >= 15 is 0 Å². The van der Waals surface area contributed by atoms with Crippen molar-refractivity contribution in [1.29, 1.82) is 0 Å². The third kappa shape index (κ3) is 4.15. The highest BCUT2D eigenvalue weighted by molar-refractivity contribution is 6.30. The predicted molar refractivity (Wildman–Crippen MR) is 123 cm³/mol. The first kappa shape index (κ1) is 21.4. The topological polar surface area (TPSA) is 72.4 Å². The van der Waals surface area contributed by atoms with Gasteiger partial charge in [-0.3, -0.25) is 9.59 Å². The summed E-state index contributed by atoms with van der Waals surface area (Å²) >= 11 is 5.75. The molecule has 32 heavy (non-hydrogen) atoms. The van der Waals surface area contributed by atoms with Gasteiger partial charge in [0.15, 0.2) is 0 Å². The average molecular weight is 452 g/mol. The molecule has 3 aromatic carbocycles. The Bertz CT molecular complexity index is 1350. The minimum absolute atomic E-state index is 0.165. The quantitative estimate of drug-likeness (QED) is 0.421. The van der Waals surface area contributed by atoms with Gasteiger partial charge in [0.05, 0.1) is 18.4 Å².